The molecule has 0 aromatic heterocycles. The van der Waals surface area contributed by atoms with Crippen LogP contribution in [-0.2, 0) is 0 Å². The quantitative estimate of drug-likeness (QED) is 0.646. The van der Waals surface area contributed by atoms with Crippen molar-refractivity contribution in [2.45, 2.75) is 65.5 Å². The van der Waals surface area contributed by atoms with Crippen molar-refractivity contribution < 1.29 is 0 Å². The minimum Gasteiger partial charge on any atom is -0.298 e. The number of likely N-dealkylation sites (tertiary alicyclic amines) is 1. The van der Waals surface area contributed by atoms with E-state index in [0.717, 1.165) is 18.0 Å². The van der Waals surface area contributed by atoms with Crippen molar-refractivity contribution >= 4 is 0 Å². The number of nitrogens with zero attached hydrogens (tertiary/aromatic N) is 1. The normalized spacial score (nSPS) is 30.2. The van der Waals surface area contributed by atoms with Crippen molar-refractivity contribution in [3.05, 3.63) is 0 Å². The third kappa shape index (κ3) is 2.70. The van der Waals surface area contributed by atoms with E-state index in [1.54, 1.807) is 0 Å². The Morgan fingerprint density at radius 2 is 2.00 bits per heavy atom. The first-order chi connectivity index (χ1) is 6.19. The van der Waals surface area contributed by atoms with E-state index in [-0.39, 0.29) is 0 Å². The van der Waals surface area contributed by atoms with Gasteiger partial charge in [-0.1, -0.05) is 20.3 Å². The summed E-state index contributed by atoms with van der Waals surface area (Å²) in [4.78, 5) is 2.69. The molecular formula is C12H25N. The van der Waals surface area contributed by atoms with Crippen LogP contribution in [0.4, 0.5) is 0 Å². The van der Waals surface area contributed by atoms with Crippen LogP contribution in [0.25, 0.3) is 0 Å². The SMILES string of the molecule is CCC[C@H]1C[C@@H](CC)N(C(C)C)C1. The van der Waals surface area contributed by atoms with Crippen LogP contribution in [0, 0.1) is 5.92 Å². The molecule has 1 heteroatoms. The molecule has 13 heavy (non-hydrogen) atoms. The number of rotatable bonds is 4. The van der Waals surface area contributed by atoms with Gasteiger partial charge < -0.3 is 0 Å². The largest absolute Gasteiger partial charge is 0.298 e. The highest BCUT2D eigenvalue weighted by Gasteiger charge is 2.31. The standard InChI is InChI=1S/C12H25N/c1-5-7-11-8-12(6-2)13(9-11)10(3)4/h10-12H,5-9H2,1-4H3/t11-,12+/m0/s1. The van der Waals surface area contributed by atoms with Gasteiger partial charge in [0.2, 0.25) is 0 Å². The zero-order chi connectivity index (χ0) is 9.84. The Bertz CT molecular complexity index is 142. The van der Waals surface area contributed by atoms with Crippen LogP contribution in [0.15, 0.2) is 0 Å². The summed E-state index contributed by atoms with van der Waals surface area (Å²) in [5.74, 6) is 0.984. The second-order valence-corrected chi connectivity index (χ2v) is 4.74. The van der Waals surface area contributed by atoms with Crippen LogP contribution in [0.1, 0.15) is 53.4 Å². The van der Waals surface area contributed by atoms with Crippen LogP contribution >= 0.6 is 0 Å². The molecule has 1 nitrogen and oxygen atoms in total. The van der Waals surface area contributed by atoms with Gasteiger partial charge in [-0.05, 0) is 39.0 Å². The Morgan fingerprint density at radius 3 is 2.38 bits per heavy atom. The van der Waals surface area contributed by atoms with Crippen LogP contribution < -0.4 is 0 Å². The summed E-state index contributed by atoms with van der Waals surface area (Å²) in [6.07, 6.45) is 5.56. The monoisotopic (exact) mass is 183 g/mol. The molecule has 1 heterocycles. The Hall–Kier alpha value is -0.0400. The van der Waals surface area contributed by atoms with Gasteiger partial charge in [-0.2, -0.15) is 0 Å². The van der Waals surface area contributed by atoms with E-state index < -0.39 is 0 Å². The Labute approximate surface area is 83.5 Å². The van der Waals surface area contributed by atoms with Gasteiger partial charge >= 0.3 is 0 Å². The fourth-order valence-corrected chi connectivity index (χ4v) is 2.69. The van der Waals surface area contributed by atoms with E-state index in [1.807, 2.05) is 0 Å². The lowest BCUT2D eigenvalue weighted by atomic mass is 10.00. The van der Waals surface area contributed by atoms with Gasteiger partial charge in [-0.15, -0.1) is 0 Å². The molecule has 2 atom stereocenters. The molecule has 0 saturated carbocycles. The molecule has 1 aliphatic rings. The average molecular weight is 183 g/mol. The zero-order valence-corrected chi connectivity index (χ0v) is 9.71. The number of hydrogen-bond acceptors (Lipinski definition) is 1. The minimum absolute atomic E-state index is 0.742. The third-order valence-electron chi connectivity index (χ3n) is 3.37. The summed E-state index contributed by atoms with van der Waals surface area (Å²) in [5.41, 5.74) is 0. The van der Waals surface area contributed by atoms with E-state index in [4.69, 9.17) is 0 Å². The van der Waals surface area contributed by atoms with Crippen molar-refractivity contribution in [2.75, 3.05) is 6.54 Å². The Kier molecular flexibility index (Phi) is 4.24. The summed E-state index contributed by atoms with van der Waals surface area (Å²) in [7, 11) is 0. The molecule has 0 amide bonds. The van der Waals surface area contributed by atoms with E-state index in [2.05, 4.69) is 32.6 Å². The topological polar surface area (TPSA) is 3.24 Å². The predicted octanol–water partition coefficient (Wildman–Crippen LogP) is 3.30. The molecule has 1 fully saturated rings. The summed E-state index contributed by atoms with van der Waals surface area (Å²) in [6, 6.07) is 1.61. The molecule has 0 radical (unpaired) electrons. The van der Waals surface area contributed by atoms with E-state index in [1.165, 1.54) is 32.2 Å². The zero-order valence-electron chi connectivity index (χ0n) is 9.71. The lowest BCUT2D eigenvalue weighted by molar-refractivity contribution is 0.196. The molecule has 1 aliphatic heterocycles. The van der Waals surface area contributed by atoms with Crippen LogP contribution in [0.3, 0.4) is 0 Å². The fourth-order valence-electron chi connectivity index (χ4n) is 2.69. The lowest BCUT2D eigenvalue weighted by Crippen LogP contribution is -2.35. The minimum atomic E-state index is 0.742. The van der Waals surface area contributed by atoms with Gasteiger partial charge in [0.15, 0.2) is 0 Å². The van der Waals surface area contributed by atoms with Crippen molar-refractivity contribution in [3.63, 3.8) is 0 Å². The summed E-state index contributed by atoms with van der Waals surface area (Å²) in [6.45, 7) is 10.6. The molecule has 1 rings (SSSR count). The molecule has 0 aliphatic carbocycles. The number of hydrogen-bond donors (Lipinski definition) is 0. The highest BCUT2D eigenvalue weighted by molar-refractivity contribution is 4.85. The smallest absolute Gasteiger partial charge is 0.00985 e. The highest BCUT2D eigenvalue weighted by atomic mass is 15.2. The first-order valence-corrected chi connectivity index (χ1v) is 5.94. The maximum absolute atomic E-state index is 2.69. The van der Waals surface area contributed by atoms with Crippen molar-refractivity contribution in [2.24, 2.45) is 5.92 Å². The molecule has 0 bridgehead atoms. The van der Waals surface area contributed by atoms with Gasteiger partial charge in [-0.25, -0.2) is 0 Å². The Balaban J connectivity index is 2.46. The predicted molar refractivity (Wildman–Crippen MR) is 58.9 cm³/mol. The van der Waals surface area contributed by atoms with E-state index in [9.17, 15) is 0 Å². The van der Waals surface area contributed by atoms with Gasteiger partial charge in [-0.3, -0.25) is 4.90 Å². The van der Waals surface area contributed by atoms with Crippen LogP contribution in [0.2, 0.25) is 0 Å². The average Bonchev–Trinajstić information content (AvgIpc) is 2.48. The maximum Gasteiger partial charge on any atom is 0.00985 e. The second-order valence-electron chi connectivity index (χ2n) is 4.74. The van der Waals surface area contributed by atoms with E-state index in [0.29, 0.717) is 0 Å². The molecular weight excluding hydrogens is 158 g/mol. The van der Waals surface area contributed by atoms with E-state index >= 15 is 0 Å². The molecule has 0 spiro atoms. The van der Waals surface area contributed by atoms with Crippen LogP contribution in [-0.4, -0.2) is 23.5 Å². The summed E-state index contributed by atoms with van der Waals surface area (Å²) >= 11 is 0. The summed E-state index contributed by atoms with van der Waals surface area (Å²) in [5, 5.41) is 0. The van der Waals surface area contributed by atoms with Crippen molar-refractivity contribution in [1.82, 2.24) is 4.90 Å². The Morgan fingerprint density at radius 1 is 1.31 bits per heavy atom. The molecule has 1 saturated heterocycles. The molecule has 0 unspecified atom stereocenters. The molecule has 0 aromatic rings. The van der Waals surface area contributed by atoms with Gasteiger partial charge in [0, 0.05) is 18.6 Å². The third-order valence-corrected chi connectivity index (χ3v) is 3.37. The molecule has 0 N–H and O–H groups in total. The van der Waals surface area contributed by atoms with Crippen molar-refractivity contribution in [3.8, 4) is 0 Å². The van der Waals surface area contributed by atoms with Gasteiger partial charge in [0.1, 0.15) is 0 Å². The van der Waals surface area contributed by atoms with Gasteiger partial charge in [0.25, 0.3) is 0 Å². The molecule has 78 valence electrons. The summed E-state index contributed by atoms with van der Waals surface area (Å²) < 4.78 is 0. The highest BCUT2D eigenvalue weighted by Crippen LogP contribution is 2.29. The second kappa shape index (κ2) is 4.99. The first-order valence-electron chi connectivity index (χ1n) is 5.94. The lowest BCUT2D eigenvalue weighted by Gasteiger charge is -2.27. The molecule has 0 aromatic carbocycles. The van der Waals surface area contributed by atoms with Gasteiger partial charge in [0.05, 0.1) is 0 Å². The van der Waals surface area contributed by atoms with Crippen molar-refractivity contribution in [1.29, 1.82) is 0 Å². The van der Waals surface area contributed by atoms with Crippen LogP contribution in [0.5, 0.6) is 0 Å². The fraction of sp³-hybridized carbons (Fsp3) is 1.00. The first kappa shape index (κ1) is 11.0. The maximum atomic E-state index is 2.69.